The van der Waals surface area contributed by atoms with Crippen molar-refractivity contribution in [2.24, 2.45) is 0 Å². The fourth-order valence-corrected chi connectivity index (χ4v) is 3.02. The third-order valence-corrected chi connectivity index (χ3v) is 3.91. The van der Waals surface area contributed by atoms with E-state index in [4.69, 9.17) is 5.26 Å². The zero-order chi connectivity index (χ0) is 14.8. The van der Waals surface area contributed by atoms with Gasteiger partial charge in [-0.3, -0.25) is 9.20 Å². The molecule has 0 saturated heterocycles. The Hall–Kier alpha value is -2.65. The Morgan fingerprint density at radius 2 is 2.38 bits per heavy atom. The first-order chi connectivity index (χ1) is 10.2. The van der Waals surface area contributed by atoms with E-state index in [9.17, 15) is 4.79 Å². The first-order valence-corrected chi connectivity index (χ1v) is 7.26. The zero-order valence-corrected chi connectivity index (χ0v) is 12.1. The maximum atomic E-state index is 12.1. The molecule has 0 spiro atoms. The fraction of sp³-hybridized carbons (Fsp3) is 0.133. The number of rotatable bonds is 3. The Balaban J connectivity index is 1.75. The van der Waals surface area contributed by atoms with Crippen LogP contribution in [0.1, 0.15) is 17.0 Å². The lowest BCUT2D eigenvalue weighted by Gasteiger charge is -2.05. The first kappa shape index (κ1) is 13.3. The highest BCUT2D eigenvalue weighted by Gasteiger charge is 2.10. The molecule has 5 nitrogen and oxygen atoms in total. The number of fused-ring (bicyclic) bond motifs is 1. The predicted molar refractivity (Wildman–Crippen MR) is 81.3 cm³/mol. The lowest BCUT2D eigenvalue weighted by Crippen LogP contribution is -2.15. The monoisotopic (exact) mass is 296 g/mol. The van der Waals surface area contributed by atoms with E-state index in [0.717, 1.165) is 16.3 Å². The Bertz CT molecular complexity index is 856. The first-order valence-electron chi connectivity index (χ1n) is 6.38. The van der Waals surface area contributed by atoms with Gasteiger partial charge in [0.05, 0.1) is 23.7 Å². The van der Waals surface area contributed by atoms with E-state index in [1.54, 1.807) is 24.3 Å². The maximum Gasteiger partial charge on any atom is 0.230 e. The molecule has 1 N–H and O–H groups in total. The van der Waals surface area contributed by atoms with Crippen molar-refractivity contribution in [2.45, 2.75) is 13.3 Å². The molecule has 0 bridgehead atoms. The highest BCUT2D eigenvalue weighted by Crippen LogP contribution is 2.17. The Morgan fingerprint density at radius 1 is 1.52 bits per heavy atom. The van der Waals surface area contributed by atoms with Crippen LogP contribution in [0.3, 0.4) is 0 Å². The van der Waals surface area contributed by atoms with Gasteiger partial charge >= 0.3 is 0 Å². The molecule has 1 amide bonds. The van der Waals surface area contributed by atoms with Gasteiger partial charge in [-0.05, 0) is 25.1 Å². The van der Waals surface area contributed by atoms with E-state index in [-0.39, 0.29) is 12.3 Å². The largest absolute Gasteiger partial charge is 0.326 e. The van der Waals surface area contributed by atoms with E-state index >= 15 is 0 Å². The molecule has 0 aliphatic rings. The molecule has 21 heavy (non-hydrogen) atoms. The minimum Gasteiger partial charge on any atom is -0.326 e. The van der Waals surface area contributed by atoms with Gasteiger partial charge in [-0.2, -0.15) is 5.26 Å². The molecule has 2 aromatic heterocycles. The minimum atomic E-state index is -0.115. The number of nitrogens with zero attached hydrogens (tertiary/aromatic N) is 3. The quantitative estimate of drug-likeness (QED) is 0.808. The zero-order valence-electron chi connectivity index (χ0n) is 11.3. The summed E-state index contributed by atoms with van der Waals surface area (Å²) in [6, 6.07) is 8.92. The highest BCUT2D eigenvalue weighted by atomic mass is 32.1. The number of amides is 1. The SMILES string of the molecule is Cc1cn2c(CC(=O)Nc3cccc(C#N)c3)csc2n1. The van der Waals surface area contributed by atoms with E-state index in [1.807, 2.05) is 22.9 Å². The molecule has 1 aromatic carbocycles. The summed E-state index contributed by atoms with van der Waals surface area (Å²) < 4.78 is 1.94. The normalized spacial score (nSPS) is 10.5. The second kappa shape index (κ2) is 5.38. The van der Waals surface area contributed by atoms with Gasteiger partial charge in [0.1, 0.15) is 0 Å². The highest BCUT2D eigenvalue weighted by molar-refractivity contribution is 7.15. The molecule has 0 saturated carbocycles. The summed E-state index contributed by atoms with van der Waals surface area (Å²) in [6.45, 7) is 1.93. The number of aryl methyl sites for hydroxylation is 1. The topological polar surface area (TPSA) is 70.2 Å². The van der Waals surface area contributed by atoms with Crippen LogP contribution in [0.25, 0.3) is 4.96 Å². The summed E-state index contributed by atoms with van der Waals surface area (Å²) in [4.78, 5) is 17.4. The smallest absolute Gasteiger partial charge is 0.230 e. The maximum absolute atomic E-state index is 12.1. The van der Waals surface area contributed by atoms with Gasteiger partial charge in [0.15, 0.2) is 4.96 Å². The van der Waals surface area contributed by atoms with Crippen LogP contribution >= 0.6 is 11.3 Å². The molecule has 0 atom stereocenters. The van der Waals surface area contributed by atoms with Crippen molar-refractivity contribution in [3.63, 3.8) is 0 Å². The summed E-state index contributed by atoms with van der Waals surface area (Å²) in [5, 5.41) is 13.6. The number of imidazole rings is 1. The summed E-state index contributed by atoms with van der Waals surface area (Å²) in [5.41, 5.74) is 3.00. The molecule has 0 aliphatic heterocycles. The number of hydrogen-bond acceptors (Lipinski definition) is 4. The van der Waals surface area contributed by atoms with Crippen molar-refractivity contribution in [1.29, 1.82) is 5.26 Å². The summed E-state index contributed by atoms with van der Waals surface area (Å²) in [6.07, 6.45) is 2.19. The molecule has 0 aliphatic carbocycles. The van der Waals surface area contributed by atoms with Gasteiger partial charge in [-0.25, -0.2) is 4.98 Å². The van der Waals surface area contributed by atoms with Crippen LogP contribution < -0.4 is 5.32 Å². The number of nitriles is 1. The Labute approximate surface area is 125 Å². The standard InChI is InChI=1S/C15H12N4OS/c1-10-8-19-13(9-21-15(19)17-10)6-14(20)18-12-4-2-3-11(5-12)7-16/h2-5,8-9H,6H2,1H3,(H,18,20). The summed E-state index contributed by atoms with van der Waals surface area (Å²) >= 11 is 1.52. The number of hydrogen-bond donors (Lipinski definition) is 1. The van der Waals surface area contributed by atoms with E-state index < -0.39 is 0 Å². The second-order valence-electron chi connectivity index (χ2n) is 4.68. The predicted octanol–water partition coefficient (Wildman–Crippen LogP) is 2.76. The van der Waals surface area contributed by atoms with Crippen molar-refractivity contribution in [3.05, 3.63) is 52.8 Å². The van der Waals surface area contributed by atoms with Crippen LogP contribution in [-0.4, -0.2) is 15.3 Å². The Kier molecular flexibility index (Phi) is 3.42. The summed E-state index contributed by atoms with van der Waals surface area (Å²) in [7, 11) is 0. The number of nitrogens with one attached hydrogen (secondary N) is 1. The van der Waals surface area contributed by atoms with Gasteiger partial charge in [0, 0.05) is 23.0 Å². The van der Waals surface area contributed by atoms with Crippen molar-refractivity contribution >= 4 is 27.9 Å². The van der Waals surface area contributed by atoms with E-state index in [1.165, 1.54) is 11.3 Å². The van der Waals surface area contributed by atoms with Crippen LogP contribution in [-0.2, 0) is 11.2 Å². The number of carbonyl (C=O) groups is 1. The molecule has 6 heteroatoms. The average Bonchev–Trinajstić information content (AvgIpc) is 2.99. The number of benzene rings is 1. The molecular weight excluding hydrogens is 284 g/mol. The molecule has 3 aromatic rings. The average molecular weight is 296 g/mol. The van der Waals surface area contributed by atoms with Gasteiger partial charge in [-0.1, -0.05) is 6.07 Å². The molecule has 2 heterocycles. The van der Waals surface area contributed by atoms with Crippen molar-refractivity contribution < 1.29 is 4.79 Å². The minimum absolute atomic E-state index is 0.115. The molecule has 0 radical (unpaired) electrons. The fourth-order valence-electron chi connectivity index (χ4n) is 2.11. The number of thiazole rings is 1. The lowest BCUT2D eigenvalue weighted by molar-refractivity contribution is -0.115. The number of anilines is 1. The van der Waals surface area contributed by atoms with E-state index in [0.29, 0.717) is 11.3 Å². The van der Waals surface area contributed by atoms with Crippen LogP contribution in [0.2, 0.25) is 0 Å². The van der Waals surface area contributed by atoms with Crippen LogP contribution in [0.4, 0.5) is 5.69 Å². The van der Waals surface area contributed by atoms with Crippen molar-refractivity contribution in [2.75, 3.05) is 5.32 Å². The molecule has 0 unspecified atom stereocenters. The van der Waals surface area contributed by atoms with Crippen molar-refractivity contribution in [1.82, 2.24) is 9.38 Å². The lowest BCUT2D eigenvalue weighted by atomic mass is 10.2. The van der Waals surface area contributed by atoms with E-state index in [2.05, 4.69) is 16.4 Å². The van der Waals surface area contributed by atoms with Gasteiger partial charge in [-0.15, -0.1) is 11.3 Å². The van der Waals surface area contributed by atoms with Gasteiger partial charge in [0.25, 0.3) is 0 Å². The van der Waals surface area contributed by atoms with Crippen molar-refractivity contribution in [3.8, 4) is 6.07 Å². The summed E-state index contributed by atoms with van der Waals surface area (Å²) in [5.74, 6) is -0.115. The van der Waals surface area contributed by atoms with Gasteiger partial charge < -0.3 is 5.32 Å². The third-order valence-electron chi connectivity index (χ3n) is 3.02. The number of carbonyl (C=O) groups excluding carboxylic acids is 1. The Morgan fingerprint density at radius 3 is 3.19 bits per heavy atom. The second-order valence-corrected chi connectivity index (χ2v) is 5.52. The van der Waals surface area contributed by atoms with Crippen LogP contribution in [0, 0.1) is 18.3 Å². The number of aromatic nitrogens is 2. The third kappa shape index (κ3) is 2.78. The molecular formula is C15H12N4OS. The molecule has 3 rings (SSSR count). The van der Waals surface area contributed by atoms with Crippen LogP contribution in [0.15, 0.2) is 35.8 Å². The van der Waals surface area contributed by atoms with Crippen LogP contribution in [0.5, 0.6) is 0 Å². The molecule has 104 valence electrons. The molecule has 0 fully saturated rings. The van der Waals surface area contributed by atoms with Gasteiger partial charge in [0.2, 0.25) is 5.91 Å².